The summed E-state index contributed by atoms with van der Waals surface area (Å²) in [5.41, 5.74) is -2.08. The van der Waals surface area contributed by atoms with Crippen molar-refractivity contribution < 1.29 is 34.3 Å². The van der Waals surface area contributed by atoms with Crippen molar-refractivity contribution in [2.24, 2.45) is 0 Å². The molecule has 0 saturated carbocycles. The van der Waals surface area contributed by atoms with E-state index < -0.39 is 28.7 Å². The van der Waals surface area contributed by atoms with E-state index in [0.29, 0.717) is 18.4 Å². The van der Waals surface area contributed by atoms with Crippen LogP contribution in [-0.4, -0.2) is 38.9 Å². The number of hydrogen-bond acceptors (Lipinski definition) is 8. The summed E-state index contributed by atoms with van der Waals surface area (Å²) >= 11 is 0. The molecule has 158 valence electrons. The predicted octanol–water partition coefficient (Wildman–Crippen LogP) is 2.39. The molecule has 0 bridgehead atoms. The van der Waals surface area contributed by atoms with Gasteiger partial charge in [-0.3, -0.25) is 4.79 Å². The number of phenols is 2. The number of benzene rings is 2. The number of rotatable bonds is 3. The van der Waals surface area contributed by atoms with Gasteiger partial charge >= 0.3 is 0 Å². The van der Waals surface area contributed by atoms with Crippen molar-refractivity contribution in [1.82, 2.24) is 0 Å². The molecule has 5 rings (SSSR count). The Morgan fingerprint density at radius 2 is 2.00 bits per heavy atom. The Kier molecular flexibility index (Phi) is 3.90. The Morgan fingerprint density at radius 3 is 2.73 bits per heavy atom. The van der Waals surface area contributed by atoms with Crippen molar-refractivity contribution in [3.63, 3.8) is 0 Å². The van der Waals surface area contributed by atoms with Gasteiger partial charge in [-0.05, 0) is 38.3 Å². The van der Waals surface area contributed by atoms with Crippen LogP contribution in [0.3, 0.4) is 0 Å². The van der Waals surface area contributed by atoms with Crippen LogP contribution < -0.4 is 10.2 Å². The molecule has 3 heterocycles. The maximum atomic E-state index is 13.3. The first-order valence-electron chi connectivity index (χ1n) is 9.81. The Morgan fingerprint density at radius 1 is 1.23 bits per heavy atom. The maximum absolute atomic E-state index is 13.3. The first-order valence-corrected chi connectivity index (χ1v) is 9.81. The predicted molar refractivity (Wildman–Crippen MR) is 107 cm³/mol. The van der Waals surface area contributed by atoms with Crippen LogP contribution in [0.25, 0.3) is 21.9 Å². The minimum atomic E-state index is -1.55. The molecule has 2 aliphatic heterocycles. The van der Waals surface area contributed by atoms with Crippen LogP contribution in [0.5, 0.6) is 17.2 Å². The van der Waals surface area contributed by atoms with Crippen molar-refractivity contribution in [3.05, 3.63) is 39.5 Å². The molecule has 0 amide bonds. The number of fused-ring (bicyclic) bond motifs is 5. The summed E-state index contributed by atoms with van der Waals surface area (Å²) < 4.78 is 17.0. The number of aliphatic hydroxyl groups is 2. The molecule has 3 aromatic rings. The van der Waals surface area contributed by atoms with E-state index in [1.807, 2.05) is 0 Å². The van der Waals surface area contributed by atoms with Crippen LogP contribution in [0, 0.1) is 0 Å². The molecule has 0 spiro atoms. The van der Waals surface area contributed by atoms with E-state index in [0.717, 1.165) is 0 Å². The molecule has 2 aromatic carbocycles. The van der Waals surface area contributed by atoms with E-state index in [1.54, 1.807) is 19.9 Å². The van der Waals surface area contributed by atoms with Crippen LogP contribution in [0.15, 0.2) is 27.4 Å². The van der Waals surface area contributed by atoms with Gasteiger partial charge < -0.3 is 34.3 Å². The maximum Gasteiger partial charge on any atom is 0.233 e. The number of ether oxygens (including phenoxy) is 2. The molecule has 0 aliphatic carbocycles. The molecule has 1 saturated heterocycles. The quantitative estimate of drug-likeness (QED) is 0.481. The molecule has 8 nitrogen and oxygen atoms in total. The smallest absolute Gasteiger partial charge is 0.233 e. The summed E-state index contributed by atoms with van der Waals surface area (Å²) in [6.45, 7) is 3.63. The fourth-order valence-electron chi connectivity index (χ4n) is 4.32. The third-order valence-electron chi connectivity index (χ3n) is 5.93. The lowest BCUT2D eigenvalue weighted by molar-refractivity contribution is -0.123. The number of aryl methyl sites for hydroxylation is 1. The molecule has 0 radical (unpaired) electrons. The van der Waals surface area contributed by atoms with Crippen LogP contribution in [0.4, 0.5) is 0 Å². The van der Waals surface area contributed by atoms with Crippen LogP contribution in [-0.2, 0) is 16.8 Å². The second kappa shape index (κ2) is 6.10. The third kappa shape index (κ3) is 2.61. The number of hydrogen-bond donors (Lipinski definition) is 4. The summed E-state index contributed by atoms with van der Waals surface area (Å²) in [6.07, 6.45) is 0.0851. The molecule has 4 N–H and O–H groups in total. The second-order valence-electron chi connectivity index (χ2n) is 8.66. The first-order chi connectivity index (χ1) is 14.1. The van der Waals surface area contributed by atoms with E-state index >= 15 is 0 Å². The van der Waals surface area contributed by atoms with Crippen LogP contribution in [0.2, 0.25) is 0 Å². The van der Waals surface area contributed by atoms with Crippen molar-refractivity contribution >= 4 is 21.9 Å². The van der Waals surface area contributed by atoms with Crippen molar-refractivity contribution in [3.8, 4) is 17.2 Å². The topological polar surface area (TPSA) is 130 Å². The van der Waals surface area contributed by atoms with E-state index in [1.165, 1.54) is 12.1 Å². The second-order valence-corrected chi connectivity index (χ2v) is 8.66. The largest absolute Gasteiger partial charge is 0.507 e. The van der Waals surface area contributed by atoms with E-state index in [4.69, 9.17) is 13.9 Å². The number of phenolic OH excluding ortho intramolecular Hbond substituents is 2. The molecule has 2 aliphatic rings. The first kappa shape index (κ1) is 19.2. The van der Waals surface area contributed by atoms with Gasteiger partial charge in [-0.1, -0.05) is 6.07 Å². The summed E-state index contributed by atoms with van der Waals surface area (Å²) in [5.74, 6) is -0.521. The van der Waals surface area contributed by atoms with Crippen LogP contribution in [0.1, 0.15) is 37.8 Å². The van der Waals surface area contributed by atoms with Gasteiger partial charge in [0.15, 0.2) is 5.60 Å². The lowest BCUT2D eigenvalue weighted by Gasteiger charge is -2.20. The van der Waals surface area contributed by atoms with E-state index in [-0.39, 0.29) is 52.0 Å². The van der Waals surface area contributed by atoms with Gasteiger partial charge in [0, 0.05) is 12.5 Å². The molecule has 8 heteroatoms. The van der Waals surface area contributed by atoms with Gasteiger partial charge in [-0.2, -0.15) is 0 Å². The SMILES string of the molecule is CC(C)(O)CCc1ccc(O)c2c(=O)c3c(O)c4c(cc3oc12)O[C@H]1OCC[C@@]41O. The minimum Gasteiger partial charge on any atom is -0.507 e. The Hall–Kier alpha value is -2.81. The van der Waals surface area contributed by atoms with Gasteiger partial charge in [0.1, 0.15) is 39.2 Å². The van der Waals surface area contributed by atoms with E-state index in [2.05, 4.69) is 0 Å². The molecule has 0 unspecified atom stereocenters. The zero-order chi connectivity index (χ0) is 21.4. The highest BCUT2D eigenvalue weighted by Gasteiger charge is 2.54. The van der Waals surface area contributed by atoms with Crippen molar-refractivity contribution in [2.45, 2.75) is 50.6 Å². The van der Waals surface area contributed by atoms with E-state index in [9.17, 15) is 25.2 Å². The zero-order valence-corrected chi connectivity index (χ0v) is 16.6. The fraction of sp³-hybridized carbons (Fsp3) is 0.409. The van der Waals surface area contributed by atoms with Gasteiger partial charge in [-0.25, -0.2) is 0 Å². The standard InChI is InChI=1S/C22H22O8/c1-21(2,26)6-5-10-3-4-11(23)14-17(24)15-12(29-19(10)14)9-13-16(18(15)25)22(27)7-8-28-20(22)30-13/h3-4,9,20,23,25-27H,5-8H2,1-2H3/t20-,22-/m1/s1. The van der Waals surface area contributed by atoms with Crippen LogP contribution >= 0.6 is 0 Å². The van der Waals surface area contributed by atoms with Gasteiger partial charge in [0.25, 0.3) is 0 Å². The normalized spacial score (nSPS) is 23.0. The third-order valence-corrected chi connectivity index (χ3v) is 5.93. The molecule has 1 aromatic heterocycles. The molecule has 30 heavy (non-hydrogen) atoms. The monoisotopic (exact) mass is 414 g/mol. The number of aromatic hydroxyl groups is 2. The highest BCUT2D eigenvalue weighted by Crippen LogP contribution is 2.53. The van der Waals surface area contributed by atoms with Gasteiger partial charge in [0.2, 0.25) is 11.7 Å². The van der Waals surface area contributed by atoms with Crippen molar-refractivity contribution in [1.29, 1.82) is 0 Å². The molecular formula is C22H22O8. The molecule has 2 atom stereocenters. The Balaban J connectivity index is 1.79. The lowest BCUT2D eigenvalue weighted by Crippen LogP contribution is -2.33. The highest BCUT2D eigenvalue weighted by atomic mass is 16.7. The van der Waals surface area contributed by atoms with Crippen molar-refractivity contribution in [2.75, 3.05) is 6.61 Å². The Bertz CT molecular complexity index is 1250. The minimum absolute atomic E-state index is 0.0591. The average molecular weight is 414 g/mol. The summed E-state index contributed by atoms with van der Waals surface area (Å²) in [4.78, 5) is 13.3. The summed E-state index contributed by atoms with van der Waals surface area (Å²) in [5, 5.41) is 42.1. The lowest BCUT2D eigenvalue weighted by atomic mass is 9.90. The van der Waals surface area contributed by atoms with Gasteiger partial charge in [-0.15, -0.1) is 0 Å². The zero-order valence-electron chi connectivity index (χ0n) is 16.6. The fourth-order valence-corrected chi connectivity index (χ4v) is 4.32. The molecular weight excluding hydrogens is 392 g/mol. The highest BCUT2D eigenvalue weighted by molar-refractivity contribution is 5.98. The average Bonchev–Trinajstić information content (AvgIpc) is 3.13. The van der Waals surface area contributed by atoms with Gasteiger partial charge in [0.05, 0.1) is 17.8 Å². The molecule has 1 fully saturated rings. The Labute approximate surface area is 170 Å². The summed E-state index contributed by atoms with van der Waals surface area (Å²) in [7, 11) is 0. The summed E-state index contributed by atoms with van der Waals surface area (Å²) in [6, 6.07) is 4.49.